The van der Waals surface area contributed by atoms with Gasteiger partial charge >= 0.3 is 5.97 Å². The first-order valence-corrected chi connectivity index (χ1v) is 9.63. The van der Waals surface area contributed by atoms with Gasteiger partial charge in [0.2, 0.25) is 0 Å². The molecule has 136 valence electrons. The minimum absolute atomic E-state index is 0.147. The predicted molar refractivity (Wildman–Crippen MR) is 94.7 cm³/mol. The van der Waals surface area contributed by atoms with Gasteiger partial charge in [0, 0.05) is 19.6 Å². The number of ether oxygens (including phenoxy) is 1. The van der Waals surface area contributed by atoms with Crippen molar-refractivity contribution in [3.63, 3.8) is 0 Å². The molecule has 24 heavy (non-hydrogen) atoms. The Morgan fingerprint density at radius 1 is 1.08 bits per heavy atom. The Morgan fingerprint density at radius 3 is 2.17 bits per heavy atom. The molecule has 0 fully saturated rings. The first-order valence-electron chi connectivity index (χ1n) is 8.23. The van der Waals surface area contributed by atoms with E-state index < -0.39 is 16.2 Å². The number of hydrogen-bond donors (Lipinski definition) is 0. The number of esters is 1. The summed E-state index contributed by atoms with van der Waals surface area (Å²) in [5.41, 5.74) is 1.86. The van der Waals surface area contributed by atoms with Crippen LogP contribution in [0.2, 0.25) is 0 Å². The van der Waals surface area contributed by atoms with Crippen LogP contribution in [-0.4, -0.2) is 49.7 Å². The van der Waals surface area contributed by atoms with E-state index in [1.54, 1.807) is 0 Å². The van der Waals surface area contributed by atoms with Crippen LogP contribution in [0.5, 0.6) is 0 Å². The van der Waals surface area contributed by atoms with E-state index in [-0.39, 0.29) is 13.1 Å². The SMILES string of the molecule is CCCN(CCC)S(=O)(=O)N(CC(=O)OC)Cc1ccccc1C. The number of rotatable bonds is 10. The zero-order valence-electron chi connectivity index (χ0n) is 15.0. The molecule has 0 aliphatic carbocycles. The molecule has 0 N–H and O–H groups in total. The van der Waals surface area contributed by atoms with E-state index in [2.05, 4.69) is 4.74 Å². The molecular weight excluding hydrogens is 328 g/mol. The summed E-state index contributed by atoms with van der Waals surface area (Å²) >= 11 is 0. The Balaban J connectivity index is 3.15. The van der Waals surface area contributed by atoms with Crippen LogP contribution in [0.25, 0.3) is 0 Å². The third-order valence-corrected chi connectivity index (χ3v) is 5.67. The van der Waals surface area contributed by atoms with Crippen molar-refractivity contribution in [2.45, 2.75) is 40.2 Å². The van der Waals surface area contributed by atoms with E-state index in [1.807, 2.05) is 45.0 Å². The Morgan fingerprint density at radius 2 is 1.67 bits per heavy atom. The molecule has 0 saturated carbocycles. The van der Waals surface area contributed by atoms with Crippen molar-refractivity contribution in [3.05, 3.63) is 35.4 Å². The highest BCUT2D eigenvalue weighted by atomic mass is 32.2. The molecule has 0 aromatic heterocycles. The highest BCUT2D eigenvalue weighted by Crippen LogP contribution is 2.17. The molecule has 0 radical (unpaired) electrons. The minimum Gasteiger partial charge on any atom is -0.468 e. The molecule has 0 bridgehead atoms. The largest absolute Gasteiger partial charge is 0.468 e. The van der Waals surface area contributed by atoms with Crippen LogP contribution in [0.1, 0.15) is 37.8 Å². The van der Waals surface area contributed by atoms with Crippen LogP contribution in [-0.2, 0) is 26.3 Å². The molecule has 0 amide bonds. The second kappa shape index (κ2) is 9.76. The van der Waals surface area contributed by atoms with Crippen molar-refractivity contribution in [2.24, 2.45) is 0 Å². The molecule has 1 rings (SSSR count). The number of methoxy groups -OCH3 is 1. The highest BCUT2D eigenvalue weighted by molar-refractivity contribution is 7.86. The van der Waals surface area contributed by atoms with E-state index in [9.17, 15) is 13.2 Å². The highest BCUT2D eigenvalue weighted by Gasteiger charge is 2.31. The lowest BCUT2D eigenvalue weighted by molar-refractivity contribution is -0.140. The average Bonchev–Trinajstić information content (AvgIpc) is 2.55. The van der Waals surface area contributed by atoms with Crippen molar-refractivity contribution in [1.29, 1.82) is 0 Å². The molecule has 0 spiro atoms. The molecule has 0 aliphatic rings. The monoisotopic (exact) mass is 356 g/mol. The van der Waals surface area contributed by atoms with Gasteiger partial charge in [-0.3, -0.25) is 4.79 Å². The third-order valence-electron chi connectivity index (χ3n) is 3.74. The lowest BCUT2D eigenvalue weighted by atomic mass is 10.1. The van der Waals surface area contributed by atoms with Gasteiger partial charge in [-0.1, -0.05) is 38.1 Å². The Labute approximate surface area is 145 Å². The van der Waals surface area contributed by atoms with E-state index >= 15 is 0 Å². The molecule has 0 unspecified atom stereocenters. The second-order valence-electron chi connectivity index (χ2n) is 5.68. The zero-order valence-corrected chi connectivity index (χ0v) is 15.8. The van der Waals surface area contributed by atoms with Crippen LogP contribution < -0.4 is 0 Å². The summed E-state index contributed by atoms with van der Waals surface area (Å²) in [5, 5.41) is 0. The van der Waals surface area contributed by atoms with Gasteiger partial charge in [-0.2, -0.15) is 17.0 Å². The Bertz CT molecular complexity index is 625. The summed E-state index contributed by atoms with van der Waals surface area (Å²) in [6.07, 6.45) is 1.44. The number of hydrogen-bond acceptors (Lipinski definition) is 4. The van der Waals surface area contributed by atoms with Crippen LogP contribution in [0, 0.1) is 6.92 Å². The number of aryl methyl sites for hydroxylation is 1. The number of nitrogens with zero attached hydrogens (tertiary/aromatic N) is 2. The van der Waals surface area contributed by atoms with Crippen LogP contribution in [0.4, 0.5) is 0 Å². The van der Waals surface area contributed by atoms with Gasteiger partial charge in [0.25, 0.3) is 10.2 Å². The van der Waals surface area contributed by atoms with Crippen molar-refractivity contribution in [3.8, 4) is 0 Å². The van der Waals surface area contributed by atoms with Gasteiger partial charge in [-0.25, -0.2) is 0 Å². The molecule has 6 nitrogen and oxygen atoms in total. The number of benzene rings is 1. The fourth-order valence-electron chi connectivity index (χ4n) is 2.41. The first-order chi connectivity index (χ1) is 11.4. The Hall–Kier alpha value is -1.44. The van der Waals surface area contributed by atoms with Gasteiger partial charge in [0.15, 0.2) is 0 Å². The maximum absolute atomic E-state index is 13.0. The standard InChI is InChI=1S/C17H28N2O4S/c1-5-11-18(12-6-2)24(21,22)19(14-17(20)23-4)13-16-10-8-7-9-15(16)3/h7-10H,5-6,11-14H2,1-4H3. The van der Waals surface area contributed by atoms with Gasteiger partial charge in [-0.05, 0) is 30.9 Å². The van der Waals surface area contributed by atoms with Crippen molar-refractivity contribution in [2.75, 3.05) is 26.7 Å². The zero-order chi connectivity index (χ0) is 18.2. The second-order valence-corrected chi connectivity index (χ2v) is 7.61. The molecule has 0 heterocycles. The van der Waals surface area contributed by atoms with E-state index in [0.717, 1.165) is 24.0 Å². The summed E-state index contributed by atoms with van der Waals surface area (Å²) in [7, 11) is -2.48. The number of carbonyl (C=O) groups is 1. The normalized spacial score (nSPS) is 11.9. The minimum atomic E-state index is -3.74. The summed E-state index contributed by atoms with van der Waals surface area (Å²) in [5.74, 6) is -0.569. The summed E-state index contributed by atoms with van der Waals surface area (Å²) < 4.78 is 33.4. The van der Waals surface area contributed by atoms with E-state index in [0.29, 0.717) is 13.1 Å². The van der Waals surface area contributed by atoms with Crippen molar-refractivity contribution in [1.82, 2.24) is 8.61 Å². The summed E-state index contributed by atoms with van der Waals surface area (Å²) in [6, 6.07) is 7.56. The average molecular weight is 356 g/mol. The van der Waals surface area contributed by atoms with Crippen molar-refractivity contribution >= 4 is 16.2 Å². The maximum atomic E-state index is 13.0. The van der Waals surface area contributed by atoms with Crippen LogP contribution >= 0.6 is 0 Å². The Kier molecular flexibility index (Phi) is 8.38. The lowest BCUT2D eigenvalue weighted by Crippen LogP contribution is -2.46. The third kappa shape index (κ3) is 5.58. The predicted octanol–water partition coefficient (Wildman–Crippen LogP) is 2.34. The van der Waals surface area contributed by atoms with Crippen LogP contribution in [0.3, 0.4) is 0 Å². The molecule has 1 aromatic carbocycles. The number of carbonyl (C=O) groups excluding carboxylic acids is 1. The van der Waals surface area contributed by atoms with Gasteiger partial charge in [0.1, 0.15) is 6.54 Å². The van der Waals surface area contributed by atoms with Gasteiger partial charge in [-0.15, -0.1) is 0 Å². The molecule has 0 saturated heterocycles. The fourth-order valence-corrected chi connectivity index (χ4v) is 4.13. The molecular formula is C17H28N2O4S. The smallest absolute Gasteiger partial charge is 0.321 e. The topological polar surface area (TPSA) is 66.9 Å². The summed E-state index contributed by atoms with van der Waals surface area (Å²) in [4.78, 5) is 11.7. The van der Waals surface area contributed by atoms with Gasteiger partial charge < -0.3 is 4.74 Å². The summed E-state index contributed by atoms with van der Waals surface area (Å²) in [6.45, 7) is 6.51. The molecule has 7 heteroatoms. The molecule has 0 aliphatic heterocycles. The maximum Gasteiger partial charge on any atom is 0.321 e. The van der Waals surface area contributed by atoms with Gasteiger partial charge in [0.05, 0.1) is 7.11 Å². The lowest BCUT2D eigenvalue weighted by Gasteiger charge is -2.29. The van der Waals surface area contributed by atoms with Crippen molar-refractivity contribution < 1.29 is 17.9 Å². The fraction of sp³-hybridized carbons (Fsp3) is 0.588. The first kappa shape index (κ1) is 20.6. The quantitative estimate of drug-likeness (QED) is 0.604. The van der Waals surface area contributed by atoms with Crippen LogP contribution in [0.15, 0.2) is 24.3 Å². The molecule has 1 aromatic rings. The molecule has 0 atom stereocenters. The van der Waals surface area contributed by atoms with E-state index in [1.165, 1.54) is 15.7 Å². The van der Waals surface area contributed by atoms with E-state index in [4.69, 9.17) is 0 Å².